The van der Waals surface area contributed by atoms with E-state index in [4.69, 9.17) is 34.8 Å². The first-order chi connectivity index (χ1) is 8.49. The maximum absolute atomic E-state index is 13.0. The van der Waals surface area contributed by atoms with Crippen molar-refractivity contribution in [2.24, 2.45) is 0 Å². The highest BCUT2D eigenvalue weighted by molar-refractivity contribution is 6.42. The lowest BCUT2D eigenvalue weighted by molar-refractivity contribution is 0.220. The molecule has 0 aliphatic carbocycles. The zero-order valence-corrected chi connectivity index (χ0v) is 11.3. The molecular weight excluding hydrogens is 297 g/mol. The standard InChI is InChI=1S/C13H8Cl3FO/c14-9-3-1-7(5-10(9)15)13(18)8-2-4-12(17)11(16)6-8/h1-6,13,18H. The summed E-state index contributed by atoms with van der Waals surface area (Å²) in [7, 11) is 0. The lowest BCUT2D eigenvalue weighted by Crippen LogP contribution is -2.00. The maximum atomic E-state index is 13.0. The van der Waals surface area contributed by atoms with Crippen LogP contribution in [0.15, 0.2) is 36.4 Å². The molecule has 94 valence electrons. The largest absolute Gasteiger partial charge is 0.384 e. The molecule has 0 spiro atoms. The van der Waals surface area contributed by atoms with Crippen molar-refractivity contribution in [3.05, 3.63) is 68.4 Å². The molecule has 2 aromatic carbocycles. The van der Waals surface area contributed by atoms with E-state index in [1.807, 2.05) is 0 Å². The average Bonchev–Trinajstić information content (AvgIpc) is 2.35. The molecule has 0 saturated carbocycles. The Balaban J connectivity index is 2.37. The molecule has 1 nitrogen and oxygen atoms in total. The molecule has 0 saturated heterocycles. The number of aliphatic hydroxyl groups excluding tert-OH is 1. The molecule has 18 heavy (non-hydrogen) atoms. The highest BCUT2D eigenvalue weighted by Gasteiger charge is 2.13. The van der Waals surface area contributed by atoms with Crippen molar-refractivity contribution in [1.29, 1.82) is 0 Å². The van der Waals surface area contributed by atoms with Gasteiger partial charge in [0.15, 0.2) is 0 Å². The van der Waals surface area contributed by atoms with Gasteiger partial charge in [-0.25, -0.2) is 4.39 Å². The van der Waals surface area contributed by atoms with E-state index in [0.717, 1.165) is 0 Å². The molecule has 0 amide bonds. The number of rotatable bonds is 2. The second-order valence-electron chi connectivity index (χ2n) is 3.75. The quantitative estimate of drug-likeness (QED) is 0.839. The molecule has 0 fully saturated rings. The fourth-order valence-corrected chi connectivity index (χ4v) is 2.05. The van der Waals surface area contributed by atoms with Crippen molar-refractivity contribution in [3.8, 4) is 0 Å². The molecule has 0 aliphatic heterocycles. The Bertz CT molecular complexity index is 535. The summed E-state index contributed by atoms with van der Waals surface area (Å²) in [5, 5.41) is 10.9. The molecule has 1 unspecified atom stereocenters. The smallest absolute Gasteiger partial charge is 0.141 e. The molecular formula is C13H8Cl3FO. The topological polar surface area (TPSA) is 20.2 Å². The average molecular weight is 306 g/mol. The van der Waals surface area contributed by atoms with Crippen molar-refractivity contribution in [3.63, 3.8) is 0 Å². The van der Waals surface area contributed by atoms with Gasteiger partial charge in [-0.2, -0.15) is 0 Å². The minimum absolute atomic E-state index is 0.0355. The Hall–Kier alpha value is -0.800. The van der Waals surface area contributed by atoms with E-state index in [-0.39, 0.29) is 5.02 Å². The molecule has 0 aliphatic rings. The molecule has 2 aromatic rings. The van der Waals surface area contributed by atoms with Crippen LogP contribution in [0, 0.1) is 5.82 Å². The van der Waals surface area contributed by atoms with Gasteiger partial charge in [0, 0.05) is 0 Å². The monoisotopic (exact) mass is 304 g/mol. The summed E-state index contributed by atoms with van der Waals surface area (Å²) in [5.74, 6) is -0.526. The molecule has 5 heteroatoms. The predicted molar refractivity (Wildman–Crippen MR) is 71.9 cm³/mol. The van der Waals surface area contributed by atoms with Gasteiger partial charge in [0.25, 0.3) is 0 Å². The van der Waals surface area contributed by atoms with Crippen molar-refractivity contribution >= 4 is 34.8 Å². The van der Waals surface area contributed by atoms with E-state index in [1.54, 1.807) is 18.2 Å². The second-order valence-corrected chi connectivity index (χ2v) is 4.97. The van der Waals surface area contributed by atoms with Crippen LogP contribution in [0.25, 0.3) is 0 Å². The highest BCUT2D eigenvalue weighted by Crippen LogP contribution is 2.30. The van der Waals surface area contributed by atoms with Crippen molar-refractivity contribution in [1.82, 2.24) is 0 Å². The van der Waals surface area contributed by atoms with Crippen LogP contribution < -0.4 is 0 Å². The van der Waals surface area contributed by atoms with Gasteiger partial charge >= 0.3 is 0 Å². The molecule has 2 rings (SSSR count). The van der Waals surface area contributed by atoms with Crippen LogP contribution in [0.5, 0.6) is 0 Å². The van der Waals surface area contributed by atoms with Gasteiger partial charge < -0.3 is 5.11 Å². The van der Waals surface area contributed by atoms with Crippen LogP contribution in [0.2, 0.25) is 15.1 Å². The van der Waals surface area contributed by atoms with Crippen LogP contribution in [0.4, 0.5) is 4.39 Å². The lowest BCUT2D eigenvalue weighted by atomic mass is 10.0. The Kier molecular flexibility index (Phi) is 4.13. The first-order valence-electron chi connectivity index (χ1n) is 5.07. The van der Waals surface area contributed by atoms with Gasteiger partial charge in [-0.1, -0.05) is 46.9 Å². The van der Waals surface area contributed by atoms with Crippen LogP contribution in [0.1, 0.15) is 17.2 Å². The third-order valence-corrected chi connectivity index (χ3v) is 3.55. The molecule has 0 bridgehead atoms. The first kappa shape index (κ1) is 13.6. The molecule has 0 aromatic heterocycles. The van der Waals surface area contributed by atoms with E-state index in [0.29, 0.717) is 21.2 Å². The Morgan fingerprint density at radius 3 is 1.94 bits per heavy atom. The summed E-state index contributed by atoms with van der Waals surface area (Å²) >= 11 is 17.3. The van der Waals surface area contributed by atoms with Gasteiger partial charge in [0.2, 0.25) is 0 Å². The van der Waals surface area contributed by atoms with Gasteiger partial charge in [0.1, 0.15) is 11.9 Å². The Morgan fingerprint density at radius 2 is 1.39 bits per heavy atom. The number of benzene rings is 2. The Morgan fingerprint density at radius 1 is 0.833 bits per heavy atom. The van der Waals surface area contributed by atoms with E-state index in [9.17, 15) is 9.50 Å². The molecule has 1 atom stereocenters. The zero-order chi connectivity index (χ0) is 13.3. The van der Waals surface area contributed by atoms with Gasteiger partial charge in [0.05, 0.1) is 15.1 Å². The number of hydrogen-bond donors (Lipinski definition) is 1. The van der Waals surface area contributed by atoms with E-state index < -0.39 is 11.9 Å². The van der Waals surface area contributed by atoms with Crippen molar-refractivity contribution < 1.29 is 9.50 Å². The van der Waals surface area contributed by atoms with Crippen molar-refractivity contribution in [2.75, 3.05) is 0 Å². The first-order valence-corrected chi connectivity index (χ1v) is 6.20. The van der Waals surface area contributed by atoms with E-state index in [1.165, 1.54) is 18.2 Å². The summed E-state index contributed by atoms with van der Waals surface area (Å²) in [6.45, 7) is 0. The maximum Gasteiger partial charge on any atom is 0.141 e. The minimum atomic E-state index is -0.933. The fraction of sp³-hybridized carbons (Fsp3) is 0.0769. The number of halogens is 4. The summed E-state index contributed by atoms with van der Waals surface area (Å²) < 4.78 is 13.0. The third kappa shape index (κ3) is 2.78. The molecule has 0 radical (unpaired) electrons. The summed E-state index contributed by atoms with van der Waals surface area (Å²) in [4.78, 5) is 0. The van der Waals surface area contributed by atoms with Gasteiger partial charge in [-0.15, -0.1) is 0 Å². The van der Waals surface area contributed by atoms with Crippen LogP contribution in [-0.4, -0.2) is 5.11 Å². The summed E-state index contributed by atoms with van der Waals surface area (Å²) in [6, 6.07) is 8.85. The fourth-order valence-electron chi connectivity index (χ4n) is 1.56. The van der Waals surface area contributed by atoms with Crippen LogP contribution in [0.3, 0.4) is 0 Å². The number of hydrogen-bond acceptors (Lipinski definition) is 1. The van der Waals surface area contributed by atoms with Gasteiger partial charge in [-0.05, 0) is 35.4 Å². The highest BCUT2D eigenvalue weighted by atomic mass is 35.5. The third-order valence-electron chi connectivity index (χ3n) is 2.52. The molecule has 1 N–H and O–H groups in total. The van der Waals surface area contributed by atoms with Crippen LogP contribution >= 0.6 is 34.8 Å². The van der Waals surface area contributed by atoms with Gasteiger partial charge in [-0.3, -0.25) is 0 Å². The predicted octanol–water partition coefficient (Wildman–Crippen LogP) is 4.87. The van der Waals surface area contributed by atoms with E-state index in [2.05, 4.69) is 0 Å². The second kappa shape index (κ2) is 5.45. The molecule has 0 heterocycles. The van der Waals surface area contributed by atoms with E-state index >= 15 is 0 Å². The van der Waals surface area contributed by atoms with Crippen molar-refractivity contribution in [2.45, 2.75) is 6.10 Å². The number of aliphatic hydroxyl groups is 1. The van der Waals surface area contributed by atoms with Crippen LogP contribution in [-0.2, 0) is 0 Å². The lowest BCUT2D eigenvalue weighted by Gasteiger charge is -2.12. The SMILES string of the molecule is OC(c1ccc(F)c(Cl)c1)c1ccc(Cl)c(Cl)c1. The minimum Gasteiger partial charge on any atom is -0.384 e. The normalized spacial score (nSPS) is 12.5. The zero-order valence-electron chi connectivity index (χ0n) is 9.00. The Labute approximate surface area is 119 Å². The summed E-state index contributed by atoms with van der Waals surface area (Å²) in [5.41, 5.74) is 1.05. The summed E-state index contributed by atoms with van der Waals surface area (Å²) in [6.07, 6.45) is -0.933.